The summed E-state index contributed by atoms with van der Waals surface area (Å²) < 4.78 is 2.37. The molecule has 2 N–H and O–H groups in total. The molecule has 1 saturated carbocycles. The average Bonchev–Trinajstić information content (AvgIpc) is 3.23. The second kappa shape index (κ2) is 5.05. The van der Waals surface area contributed by atoms with Crippen LogP contribution >= 0.6 is 11.6 Å². The Balaban J connectivity index is 2.30. The minimum absolute atomic E-state index is 0.0368. The number of para-hydroxylation sites is 1. The lowest BCUT2D eigenvalue weighted by molar-refractivity contribution is 0.368. The van der Waals surface area contributed by atoms with E-state index in [-0.39, 0.29) is 5.41 Å². The quantitative estimate of drug-likeness (QED) is 0.903. The van der Waals surface area contributed by atoms with E-state index in [0.717, 1.165) is 34.7 Å². The molecule has 1 aromatic heterocycles. The molecule has 0 amide bonds. The van der Waals surface area contributed by atoms with E-state index in [1.165, 1.54) is 12.8 Å². The maximum absolute atomic E-state index is 6.43. The smallest absolute Gasteiger partial charge is 0.117 e. The van der Waals surface area contributed by atoms with Gasteiger partial charge in [0.05, 0.1) is 16.1 Å². The molecule has 0 atom stereocenters. The number of nitrogens with two attached hydrogens (primary N) is 1. The summed E-state index contributed by atoms with van der Waals surface area (Å²) in [7, 11) is 0. The van der Waals surface area contributed by atoms with Crippen molar-refractivity contribution in [1.29, 1.82) is 0 Å². The molecule has 0 unspecified atom stereocenters. The summed E-state index contributed by atoms with van der Waals surface area (Å²) in [6.07, 6.45) is 4.46. The summed E-state index contributed by atoms with van der Waals surface area (Å²) in [6.45, 7) is 5.04. The van der Waals surface area contributed by atoms with Crippen LogP contribution in [0.4, 0.5) is 0 Å². The predicted molar refractivity (Wildman–Crippen MR) is 84.3 cm³/mol. The van der Waals surface area contributed by atoms with E-state index < -0.39 is 0 Å². The van der Waals surface area contributed by atoms with Gasteiger partial charge in [-0.1, -0.05) is 31.5 Å². The summed E-state index contributed by atoms with van der Waals surface area (Å²) in [5, 5.41) is 0.797. The van der Waals surface area contributed by atoms with Gasteiger partial charge in [0.25, 0.3) is 0 Å². The second-order valence-corrected chi connectivity index (χ2v) is 6.24. The number of fused-ring (bicyclic) bond motifs is 1. The summed E-state index contributed by atoms with van der Waals surface area (Å²) in [5.74, 6) is 1.13. The molecule has 3 nitrogen and oxygen atoms in total. The van der Waals surface area contributed by atoms with Crippen molar-refractivity contribution in [1.82, 2.24) is 9.55 Å². The summed E-state index contributed by atoms with van der Waals surface area (Å²) >= 11 is 6.43. The van der Waals surface area contributed by atoms with E-state index in [4.69, 9.17) is 22.3 Å². The van der Waals surface area contributed by atoms with E-state index in [1.807, 2.05) is 12.1 Å². The van der Waals surface area contributed by atoms with E-state index in [0.29, 0.717) is 12.6 Å². The minimum Gasteiger partial charge on any atom is -0.329 e. The molecule has 2 aromatic rings. The van der Waals surface area contributed by atoms with Gasteiger partial charge in [0.15, 0.2) is 0 Å². The van der Waals surface area contributed by atoms with Crippen molar-refractivity contribution < 1.29 is 0 Å². The number of imidazole rings is 1. The first kappa shape index (κ1) is 13.9. The number of aromatic nitrogens is 2. The first-order valence-electron chi connectivity index (χ1n) is 7.54. The molecule has 3 rings (SSSR count). The first-order chi connectivity index (χ1) is 9.66. The van der Waals surface area contributed by atoms with Crippen LogP contribution in [0.15, 0.2) is 18.2 Å². The van der Waals surface area contributed by atoms with Gasteiger partial charge in [-0.2, -0.15) is 0 Å². The molecule has 0 saturated heterocycles. The molecule has 0 aliphatic heterocycles. The zero-order valence-electron chi connectivity index (χ0n) is 12.2. The van der Waals surface area contributed by atoms with Crippen molar-refractivity contribution >= 4 is 22.6 Å². The van der Waals surface area contributed by atoms with Crippen LogP contribution < -0.4 is 5.73 Å². The lowest BCUT2D eigenvalue weighted by Crippen LogP contribution is -2.36. The largest absolute Gasteiger partial charge is 0.329 e. The fraction of sp³-hybridized carbons (Fsp3) is 0.562. The maximum atomic E-state index is 6.43. The number of benzene rings is 1. The summed E-state index contributed by atoms with van der Waals surface area (Å²) in [4.78, 5) is 4.92. The Morgan fingerprint density at radius 3 is 2.60 bits per heavy atom. The SMILES string of the molecule is CCC(CC)(CN)c1nc2cccc(Cl)c2n1C1CC1. The molecule has 0 spiro atoms. The Morgan fingerprint density at radius 2 is 2.05 bits per heavy atom. The third-order valence-corrected chi connectivity index (χ3v) is 5.10. The Hall–Kier alpha value is -1.06. The van der Waals surface area contributed by atoms with Crippen LogP contribution in [0.1, 0.15) is 51.4 Å². The van der Waals surface area contributed by atoms with Crippen LogP contribution in [0.5, 0.6) is 0 Å². The van der Waals surface area contributed by atoms with Crippen molar-refractivity contribution in [3.05, 3.63) is 29.0 Å². The Kier molecular flexibility index (Phi) is 3.51. The van der Waals surface area contributed by atoms with Crippen LogP contribution in [-0.4, -0.2) is 16.1 Å². The van der Waals surface area contributed by atoms with Gasteiger partial charge in [0.2, 0.25) is 0 Å². The zero-order chi connectivity index (χ0) is 14.3. The van der Waals surface area contributed by atoms with Crippen LogP contribution in [0.25, 0.3) is 11.0 Å². The number of hydrogen-bond donors (Lipinski definition) is 1. The number of nitrogens with zero attached hydrogens (tertiary/aromatic N) is 2. The Labute approximate surface area is 125 Å². The lowest BCUT2D eigenvalue weighted by atomic mass is 9.81. The Bertz CT molecular complexity index is 616. The molecule has 0 bridgehead atoms. The van der Waals surface area contributed by atoms with E-state index >= 15 is 0 Å². The van der Waals surface area contributed by atoms with E-state index in [9.17, 15) is 0 Å². The molecule has 1 aromatic carbocycles. The molecule has 20 heavy (non-hydrogen) atoms. The number of hydrogen-bond acceptors (Lipinski definition) is 2. The molecule has 1 aliphatic carbocycles. The first-order valence-corrected chi connectivity index (χ1v) is 7.91. The molecule has 108 valence electrons. The monoisotopic (exact) mass is 291 g/mol. The molecular weight excluding hydrogens is 270 g/mol. The predicted octanol–water partition coefficient (Wildman–Crippen LogP) is 4.04. The van der Waals surface area contributed by atoms with Gasteiger partial charge in [0, 0.05) is 18.0 Å². The van der Waals surface area contributed by atoms with E-state index in [1.54, 1.807) is 0 Å². The molecular formula is C16H22ClN3. The van der Waals surface area contributed by atoms with Crippen molar-refractivity contribution in [2.45, 2.75) is 51.0 Å². The lowest BCUT2D eigenvalue weighted by Gasteiger charge is -2.30. The van der Waals surface area contributed by atoms with Gasteiger partial charge in [-0.15, -0.1) is 0 Å². The van der Waals surface area contributed by atoms with Crippen molar-refractivity contribution in [2.75, 3.05) is 6.54 Å². The van der Waals surface area contributed by atoms with Gasteiger partial charge in [-0.3, -0.25) is 0 Å². The fourth-order valence-corrected chi connectivity index (χ4v) is 3.38. The van der Waals surface area contributed by atoms with Crippen LogP contribution in [0, 0.1) is 0 Å². The van der Waals surface area contributed by atoms with Gasteiger partial charge >= 0.3 is 0 Å². The van der Waals surface area contributed by atoms with Crippen LogP contribution in [-0.2, 0) is 5.41 Å². The molecule has 4 heteroatoms. The summed E-state index contributed by atoms with van der Waals surface area (Å²) in [6, 6.07) is 6.53. The third kappa shape index (κ3) is 1.95. The van der Waals surface area contributed by atoms with Crippen LogP contribution in [0.3, 0.4) is 0 Å². The van der Waals surface area contributed by atoms with Crippen molar-refractivity contribution in [3.63, 3.8) is 0 Å². The van der Waals surface area contributed by atoms with E-state index in [2.05, 4.69) is 24.5 Å². The number of halogens is 1. The highest BCUT2D eigenvalue weighted by Gasteiger charge is 2.37. The molecule has 1 fully saturated rings. The maximum Gasteiger partial charge on any atom is 0.117 e. The molecule has 0 radical (unpaired) electrons. The topological polar surface area (TPSA) is 43.8 Å². The zero-order valence-corrected chi connectivity index (χ0v) is 13.0. The fourth-order valence-electron chi connectivity index (χ4n) is 3.12. The average molecular weight is 292 g/mol. The van der Waals surface area contributed by atoms with Gasteiger partial charge in [0.1, 0.15) is 5.82 Å². The van der Waals surface area contributed by atoms with Crippen molar-refractivity contribution in [2.24, 2.45) is 5.73 Å². The highest BCUT2D eigenvalue weighted by atomic mass is 35.5. The normalized spacial score (nSPS) is 16.0. The highest BCUT2D eigenvalue weighted by molar-refractivity contribution is 6.35. The van der Waals surface area contributed by atoms with Crippen LogP contribution in [0.2, 0.25) is 5.02 Å². The van der Waals surface area contributed by atoms with Gasteiger partial charge < -0.3 is 10.3 Å². The molecule has 1 heterocycles. The highest BCUT2D eigenvalue weighted by Crippen LogP contribution is 2.44. The van der Waals surface area contributed by atoms with Gasteiger partial charge in [-0.05, 0) is 37.8 Å². The third-order valence-electron chi connectivity index (χ3n) is 4.79. The standard InChI is InChI=1S/C16H22ClN3/c1-3-16(4-2,10-18)15-19-13-7-5-6-12(17)14(13)20(15)11-8-9-11/h5-7,11H,3-4,8-10,18H2,1-2H3. The molecule has 1 aliphatic rings. The second-order valence-electron chi connectivity index (χ2n) is 5.84. The van der Waals surface area contributed by atoms with Gasteiger partial charge in [-0.25, -0.2) is 4.98 Å². The minimum atomic E-state index is -0.0368. The Morgan fingerprint density at radius 1 is 1.35 bits per heavy atom. The number of rotatable bonds is 5. The van der Waals surface area contributed by atoms with Crippen molar-refractivity contribution in [3.8, 4) is 0 Å². The summed E-state index contributed by atoms with van der Waals surface area (Å²) in [5.41, 5.74) is 8.18.